The number of piperazine rings is 1. The van der Waals surface area contributed by atoms with Gasteiger partial charge in [-0.3, -0.25) is 9.78 Å². The first-order chi connectivity index (χ1) is 13.7. The number of benzene rings is 1. The maximum Gasteiger partial charge on any atom is 0.254 e. The van der Waals surface area contributed by atoms with Gasteiger partial charge in [0, 0.05) is 49.7 Å². The van der Waals surface area contributed by atoms with Crippen molar-refractivity contribution in [2.75, 3.05) is 38.2 Å². The largest absolute Gasteiger partial charge is 0.497 e. The van der Waals surface area contributed by atoms with Gasteiger partial charge in [-0.05, 0) is 48.5 Å². The molecular weight excluding hydrogens is 354 g/mol. The third-order valence-electron chi connectivity index (χ3n) is 4.85. The molecule has 1 aliphatic heterocycles. The highest BCUT2D eigenvalue weighted by molar-refractivity contribution is 5.94. The quantitative estimate of drug-likeness (QED) is 0.698. The lowest BCUT2D eigenvalue weighted by Gasteiger charge is -2.35. The van der Waals surface area contributed by atoms with Gasteiger partial charge in [0.1, 0.15) is 5.75 Å². The minimum atomic E-state index is 0.0444. The lowest BCUT2D eigenvalue weighted by atomic mass is 10.1. The highest BCUT2D eigenvalue weighted by atomic mass is 16.5. The second-order valence-corrected chi connectivity index (χ2v) is 6.52. The molecule has 0 atom stereocenters. The summed E-state index contributed by atoms with van der Waals surface area (Å²) in [7, 11) is 1.65. The van der Waals surface area contributed by atoms with Crippen LogP contribution in [0, 0.1) is 0 Å². The van der Waals surface area contributed by atoms with Crippen LogP contribution in [0.4, 0.5) is 5.82 Å². The van der Waals surface area contributed by atoms with E-state index in [1.807, 2.05) is 41.3 Å². The number of hydrogen-bond donors (Lipinski definition) is 0. The second-order valence-electron chi connectivity index (χ2n) is 6.52. The molecule has 28 heavy (non-hydrogen) atoms. The predicted molar refractivity (Wildman–Crippen MR) is 106 cm³/mol. The van der Waals surface area contributed by atoms with Crippen LogP contribution in [0.25, 0.3) is 11.3 Å². The lowest BCUT2D eigenvalue weighted by molar-refractivity contribution is 0.0746. The first kappa shape index (κ1) is 17.9. The molecule has 4 rings (SSSR count). The van der Waals surface area contributed by atoms with Crippen molar-refractivity contribution in [1.82, 2.24) is 20.1 Å². The van der Waals surface area contributed by atoms with Crippen molar-refractivity contribution >= 4 is 11.7 Å². The van der Waals surface area contributed by atoms with Crippen LogP contribution in [0.1, 0.15) is 10.4 Å². The maximum atomic E-state index is 12.5. The molecule has 1 aliphatic rings. The van der Waals surface area contributed by atoms with Crippen LogP contribution in [0.3, 0.4) is 0 Å². The highest BCUT2D eigenvalue weighted by Crippen LogP contribution is 2.22. The molecule has 2 aromatic heterocycles. The zero-order valence-corrected chi connectivity index (χ0v) is 15.7. The van der Waals surface area contributed by atoms with Gasteiger partial charge in [-0.15, -0.1) is 10.2 Å². The third-order valence-corrected chi connectivity index (χ3v) is 4.85. The van der Waals surface area contributed by atoms with Gasteiger partial charge in [0.25, 0.3) is 5.91 Å². The van der Waals surface area contributed by atoms with Gasteiger partial charge in [-0.25, -0.2) is 0 Å². The van der Waals surface area contributed by atoms with Crippen LogP contribution >= 0.6 is 0 Å². The van der Waals surface area contributed by atoms with E-state index < -0.39 is 0 Å². The van der Waals surface area contributed by atoms with Crippen molar-refractivity contribution in [3.63, 3.8) is 0 Å². The van der Waals surface area contributed by atoms with Crippen molar-refractivity contribution in [1.29, 1.82) is 0 Å². The molecule has 3 aromatic rings. The fourth-order valence-corrected chi connectivity index (χ4v) is 3.23. The standard InChI is InChI=1S/C21H21N5O2/c1-28-18-4-2-16(3-5-18)19-6-7-20(24-23-19)25-12-14-26(15-13-25)21(27)17-8-10-22-11-9-17/h2-11H,12-15H2,1H3. The van der Waals surface area contributed by atoms with E-state index in [1.165, 1.54) is 0 Å². The van der Waals surface area contributed by atoms with Gasteiger partial charge in [0.2, 0.25) is 0 Å². The Bertz CT molecular complexity index is 921. The highest BCUT2D eigenvalue weighted by Gasteiger charge is 2.23. The topological polar surface area (TPSA) is 71.5 Å². The number of carbonyl (C=O) groups excluding carboxylic acids is 1. The zero-order valence-electron chi connectivity index (χ0n) is 15.7. The lowest BCUT2D eigenvalue weighted by Crippen LogP contribution is -2.49. The SMILES string of the molecule is COc1ccc(-c2ccc(N3CCN(C(=O)c4ccncc4)CC3)nn2)cc1. The average Bonchev–Trinajstić information content (AvgIpc) is 2.79. The number of aromatic nitrogens is 3. The van der Waals surface area contributed by atoms with Crippen molar-refractivity contribution in [3.05, 3.63) is 66.5 Å². The van der Waals surface area contributed by atoms with Gasteiger partial charge >= 0.3 is 0 Å². The Labute approximate surface area is 163 Å². The molecule has 0 N–H and O–H groups in total. The number of anilines is 1. The number of carbonyl (C=O) groups is 1. The number of amides is 1. The van der Waals surface area contributed by atoms with Gasteiger partial charge < -0.3 is 14.5 Å². The van der Waals surface area contributed by atoms with Crippen molar-refractivity contribution < 1.29 is 9.53 Å². The smallest absolute Gasteiger partial charge is 0.254 e. The van der Waals surface area contributed by atoms with Gasteiger partial charge in [-0.2, -0.15) is 0 Å². The maximum absolute atomic E-state index is 12.5. The molecule has 3 heterocycles. The summed E-state index contributed by atoms with van der Waals surface area (Å²) in [5.41, 5.74) is 2.48. The Morgan fingerprint density at radius 1 is 0.893 bits per heavy atom. The summed E-state index contributed by atoms with van der Waals surface area (Å²) in [4.78, 5) is 20.5. The van der Waals surface area contributed by atoms with Crippen LogP contribution in [0.2, 0.25) is 0 Å². The first-order valence-electron chi connectivity index (χ1n) is 9.17. The molecule has 7 heteroatoms. The molecule has 0 unspecified atom stereocenters. The molecule has 0 aliphatic carbocycles. The van der Waals surface area contributed by atoms with Gasteiger partial charge in [0.15, 0.2) is 5.82 Å². The molecule has 1 amide bonds. The first-order valence-corrected chi connectivity index (χ1v) is 9.17. The molecule has 1 fully saturated rings. The van der Waals surface area contributed by atoms with Crippen molar-refractivity contribution in [2.24, 2.45) is 0 Å². The van der Waals surface area contributed by atoms with Crippen LogP contribution < -0.4 is 9.64 Å². The number of rotatable bonds is 4. The van der Waals surface area contributed by atoms with Crippen LogP contribution in [0.15, 0.2) is 60.9 Å². The van der Waals surface area contributed by atoms with Gasteiger partial charge in [-0.1, -0.05) is 0 Å². The Kier molecular flexibility index (Phi) is 5.14. The second kappa shape index (κ2) is 8.04. The Balaban J connectivity index is 1.38. The van der Waals surface area contributed by atoms with E-state index in [0.717, 1.165) is 35.9 Å². The van der Waals surface area contributed by atoms with Crippen LogP contribution in [-0.2, 0) is 0 Å². The molecule has 0 spiro atoms. The monoisotopic (exact) mass is 375 g/mol. The molecule has 1 saturated heterocycles. The minimum absolute atomic E-state index is 0.0444. The molecule has 0 saturated carbocycles. The molecule has 0 radical (unpaired) electrons. The number of methoxy groups -OCH3 is 1. The number of ether oxygens (including phenoxy) is 1. The van der Waals surface area contributed by atoms with E-state index in [0.29, 0.717) is 18.7 Å². The van der Waals surface area contributed by atoms with E-state index in [4.69, 9.17) is 4.74 Å². The summed E-state index contributed by atoms with van der Waals surface area (Å²) in [5.74, 6) is 1.68. The Morgan fingerprint density at radius 2 is 1.61 bits per heavy atom. The molecule has 1 aromatic carbocycles. The van der Waals surface area contributed by atoms with Crippen molar-refractivity contribution in [3.8, 4) is 17.0 Å². The van der Waals surface area contributed by atoms with Gasteiger partial charge in [0.05, 0.1) is 12.8 Å². The number of hydrogen-bond acceptors (Lipinski definition) is 6. The molecular formula is C21H21N5O2. The minimum Gasteiger partial charge on any atom is -0.497 e. The zero-order chi connectivity index (χ0) is 19.3. The third kappa shape index (κ3) is 3.78. The van der Waals surface area contributed by atoms with E-state index >= 15 is 0 Å². The summed E-state index contributed by atoms with van der Waals surface area (Å²) in [6.07, 6.45) is 3.28. The molecule has 7 nitrogen and oxygen atoms in total. The van der Waals surface area contributed by atoms with Crippen LogP contribution in [0.5, 0.6) is 5.75 Å². The van der Waals surface area contributed by atoms with E-state index in [1.54, 1.807) is 31.6 Å². The van der Waals surface area contributed by atoms with Crippen LogP contribution in [-0.4, -0.2) is 59.3 Å². The average molecular weight is 375 g/mol. The number of pyridine rings is 1. The summed E-state index contributed by atoms with van der Waals surface area (Å²) < 4.78 is 5.18. The predicted octanol–water partition coefficient (Wildman–Crippen LogP) is 2.51. The van der Waals surface area contributed by atoms with Crippen molar-refractivity contribution in [2.45, 2.75) is 0 Å². The van der Waals surface area contributed by atoms with E-state index in [9.17, 15) is 4.79 Å². The molecule has 0 bridgehead atoms. The summed E-state index contributed by atoms with van der Waals surface area (Å²) >= 11 is 0. The normalized spacial score (nSPS) is 14.0. The molecule has 142 valence electrons. The fourth-order valence-electron chi connectivity index (χ4n) is 3.23. The van der Waals surface area contributed by atoms with E-state index in [-0.39, 0.29) is 5.91 Å². The Morgan fingerprint density at radius 3 is 2.21 bits per heavy atom. The van der Waals surface area contributed by atoms with E-state index in [2.05, 4.69) is 20.1 Å². The number of nitrogens with zero attached hydrogens (tertiary/aromatic N) is 5. The summed E-state index contributed by atoms with van der Waals surface area (Å²) in [6.45, 7) is 2.77. The summed E-state index contributed by atoms with van der Waals surface area (Å²) in [6, 6.07) is 15.2. The fraction of sp³-hybridized carbons (Fsp3) is 0.238. The Hall–Kier alpha value is -3.48. The summed E-state index contributed by atoms with van der Waals surface area (Å²) in [5, 5.41) is 8.74.